The highest BCUT2D eigenvalue weighted by atomic mass is 16.1. The molecule has 2 heterocycles. The van der Waals surface area contributed by atoms with Crippen molar-refractivity contribution in [1.29, 1.82) is 0 Å². The van der Waals surface area contributed by atoms with Crippen LogP contribution in [0.1, 0.15) is 30.0 Å². The molecule has 1 aliphatic rings. The summed E-state index contributed by atoms with van der Waals surface area (Å²) in [6.45, 7) is 3.96. The Kier molecular flexibility index (Phi) is 2.22. The first-order valence-corrected chi connectivity index (χ1v) is 4.77. The first-order valence-electron chi connectivity index (χ1n) is 4.77. The van der Waals surface area contributed by atoms with Crippen molar-refractivity contribution in [3.05, 3.63) is 21.6 Å². The Balaban J connectivity index is 2.27. The van der Waals surface area contributed by atoms with E-state index in [1.807, 2.05) is 6.92 Å². The lowest BCUT2D eigenvalue weighted by Crippen LogP contribution is -2.30. The van der Waals surface area contributed by atoms with Gasteiger partial charge in [0.25, 0.3) is 5.56 Å². The van der Waals surface area contributed by atoms with Gasteiger partial charge in [-0.05, 0) is 26.3 Å². The second kappa shape index (κ2) is 3.38. The van der Waals surface area contributed by atoms with Crippen molar-refractivity contribution in [3.8, 4) is 0 Å². The molecule has 1 saturated heterocycles. The van der Waals surface area contributed by atoms with Gasteiger partial charge >= 0.3 is 0 Å². The molecule has 2 rings (SSSR count). The molecule has 4 heteroatoms. The van der Waals surface area contributed by atoms with Crippen molar-refractivity contribution in [3.63, 3.8) is 0 Å². The first-order chi connectivity index (χ1) is 6.29. The number of hydrogen-bond acceptors (Lipinski definition) is 2. The van der Waals surface area contributed by atoms with E-state index in [4.69, 9.17) is 0 Å². The summed E-state index contributed by atoms with van der Waals surface area (Å²) in [6, 6.07) is 0. The van der Waals surface area contributed by atoms with Crippen LogP contribution in [0.25, 0.3) is 0 Å². The number of hydrogen-bond donors (Lipinski definition) is 3. The predicted octanol–water partition coefficient (Wildman–Crippen LogP) is 0.478. The van der Waals surface area contributed by atoms with Crippen molar-refractivity contribution < 1.29 is 0 Å². The Morgan fingerprint density at radius 3 is 2.77 bits per heavy atom. The standard InChI is InChI=1S/C9H15N3O/c1-6-8(9(13)12-11-6)7-3-2-4-10-5-7/h7,10H,2-5H2,1H3,(H2,11,12,13). The van der Waals surface area contributed by atoms with E-state index in [0.29, 0.717) is 5.92 Å². The lowest BCUT2D eigenvalue weighted by molar-refractivity contribution is 0.459. The number of H-pyrrole nitrogens is 2. The maximum absolute atomic E-state index is 11.4. The smallest absolute Gasteiger partial charge is 0.267 e. The maximum Gasteiger partial charge on any atom is 0.267 e. The van der Waals surface area contributed by atoms with Crippen LogP contribution in [0.4, 0.5) is 0 Å². The molecule has 0 aliphatic carbocycles. The average molecular weight is 181 g/mol. The molecule has 1 unspecified atom stereocenters. The van der Waals surface area contributed by atoms with Gasteiger partial charge in [0.2, 0.25) is 0 Å². The number of rotatable bonds is 1. The van der Waals surface area contributed by atoms with E-state index in [9.17, 15) is 4.79 Å². The zero-order valence-electron chi connectivity index (χ0n) is 7.81. The average Bonchev–Trinajstić information content (AvgIpc) is 2.48. The molecule has 72 valence electrons. The van der Waals surface area contributed by atoms with Crippen molar-refractivity contribution in [2.45, 2.75) is 25.7 Å². The van der Waals surface area contributed by atoms with Gasteiger partial charge in [-0.3, -0.25) is 9.89 Å². The van der Waals surface area contributed by atoms with E-state index in [0.717, 1.165) is 37.2 Å². The zero-order chi connectivity index (χ0) is 9.26. The number of aromatic nitrogens is 2. The van der Waals surface area contributed by atoms with E-state index < -0.39 is 0 Å². The molecule has 13 heavy (non-hydrogen) atoms. The quantitative estimate of drug-likeness (QED) is 0.590. The van der Waals surface area contributed by atoms with Gasteiger partial charge in [-0.15, -0.1) is 0 Å². The van der Waals surface area contributed by atoms with Gasteiger partial charge in [-0.2, -0.15) is 0 Å². The Morgan fingerprint density at radius 2 is 2.23 bits per heavy atom. The minimum Gasteiger partial charge on any atom is -0.316 e. The Morgan fingerprint density at radius 1 is 1.38 bits per heavy atom. The molecule has 1 aliphatic heterocycles. The lowest BCUT2D eigenvalue weighted by Gasteiger charge is -2.21. The fourth-order valence-corrected chi connectivity index (χ4v) is 2.05. The van der Waals surface area contributed by atoms with E-state index in [2.05, 4.69) is 15.5 Å². The minimum absolute atomic E-state index is 0.0474. The monoisotopic (exact) mass is 181 g/mol. The Labute approximate surface area is 76.7 Å². The number of piperidine rings is 1. The molecule has 0 aromatic carbocycles. The summed E-state index contributed by atoms with van der Waals surface area (Å²) < 4.78 is 0. The van der Waals surface area contributed by atoms with E-state index >= 15 is 0 Å². The first kappa shape index (κ1) is 8.56. The molecule has 1 aromatic heterocycles. The van der Waals surface area contributed by atoms with Crippen LogP contribution >= 0.6 is 0 Å². The highest BCUT2D eigenvalue weighted by Crippen LogP contribution is 2.21. The molecular formula is C9H15N3O. The Hall–Kier alpha value is -1.03. The predicted molar refractivity (Wildman–Crippen MR) is 51.0 cm³/mol. The van der Waals surface area contributed by atoms with Gasteiger partial charge in [0, 0.05) is 23.7 Å². The molecule has 1 fully saturated rings. The van der Waals surface area contributed by atoms with Crippen LogP contribution in [0.3, 0.4) is 0 Å². The summed E-state index contributed by atoms with van der Waals surface area (Å²) >= 11 is 0. The molecule has 1 atom stereocenters. The van der Waals surface area contributed by atoms with Crippen molar-refractivity contribution in [1.82, 2.24) is 15.5 Å². The summed E-state index contributed by atoms with van der Waals surface area (Å²) in [5.41, 5.74) is 1.97. The van der Waals surface area contributed by atoms with Gasteiger partial charge in [0.1, 0.15) is 0 Å². The SMILES string of the molecule is Cc1[nH][nH]c(=O)c1C1CCCNC1. The fraction of sp³-hybridized carbons (Fsp3) is 0.667. The summed E-state index contributed by atoms with van der Waals surface area (Å²) in [5.74, 6) is 0.392. The topological polar surface area (TPSA) is 60.7 Å². The highest BCUT2D eigenvalue weighted by Gasteiger charge is 2.20. The third-order valence-electron chi connectivity index (χ3n) is 2.72. The van der Waals surface area contributed by atoms with Gasteiger partial charge in [0.05, 0.1) is 0 Å². The fourth-order valence-electron chi connectivity index (χ4n) is 2.05. The minimum atomic E-state index is 0.0474. The highest BCUT2D eigenvalue weighted by molar-refractivity contribution is 5.21. The second-order valence-electron chi connectivity index (χ2n) is 3.66. The third-order valence-corrected chi connectivity index (χ3v) is 2.72. The summed E-state index contributed by atoms with van der Waals surface area (Å²) in [6.07, 6.45) is 2.28. The van der Waals surface area contributed by atoms with Gasteiger partial charge in [-0.25, -0.2) is 0 Å². The van der Waals surface area contributed by atoms with Gasteiger partial charge in [-0.1, -0.05) is 0 Å². The molecule has 0 radical (unpaired) electrons. The summed E-state index contributed by atoms with van der Waals surface area (Å²) in [5, 5.41) is 8.81. The molecule has 3 N–H and O–H groups in total. The molecule has 0 saturated carbocycles. The largest absolute Gasteiger partial charge is 0.316 e. The number of aromatic amines is 2. The lowest BCUT2D eigenvalue weighted by atomic mass is 9.92. The van der Waals surface area contributed by atoms with Gasteiger partial charge in [0.15, 0.2) is 0 Å². The van der Waals surface area contributed by atoms with Gasteiger partial charge < -0.3 is 10.4 Å². The summed E-state index contributed by atoms with van der Waals surface area (Å²) in [4.78, 5) is 11.4. The van der Waals surface area contributed by atoms with Crippen LogP contribution in [0.2, 0.25) is 0 Å². The normalized spacial score (nSPS) is 23.3. The third kappa shape index (κ3) is 1.54. The number of nitrogens with one attached hydrogen (secondary N) is 3. The zero-order valence-corrected chi connectivity index (χ0v) is 7.81. The molecule has 4 nitrogen and oxygen atoms in total. The van der Waals surface area contributed by atoms with E-state index in [1.165, 1.54) is 0 Å². The van der Waals surface area contributed by atoms with Crippen LogP contribution < -0.4 is 10.9 Å². The molecule has 1 aromatic rings. The van der Waals surface area contributed by atoms with Crippen LogP contribution in [0.5, 0.6) is 0 Å². The molecular weight excluding hydrogens is 166 g/mol. The maximum atomic E-state index is 11.4. The number of aryl methyl sites for hydroxylation is 1. The van der Waals surface area contributed by atoms with E-state index in [-0.39, 0.29) is 5.56 Å². The second-order valence-corrected chi connectivity index (χ2v) is 3.66. The van der Waals surface area contributed by atoms with E-state index in [1.54, 1.807) is 0 Å². The molecule has 0 spiro atoms. The van der Waals surface area contributed by atoms with Crippen LogP contribution in [-0.4, -0.2) is 23.3 Å². The van der Waals surface area contributed by atoms with Crippen molar-refractivity contribution in [2.24, 2.45) is 0 Å². The Bertz CT molecular complexity index is 333. The molecule has 0 amide bonds. The summed E-state index contributed by atoms with van der Waals surface area (Å²) in [7, 11) is 0. The van der Waals surface area contributed by atoms with Crippen molar-refractivity contribution >= 4 is 0 Å². The molecule has 0 bridgehead atoms. The van der Waals surface area contributed by atoms with Crippen molar-refractivity contribution in [2.75, 3.05) is 13.1 Å². The van der Waals surface area contributed by atoms with Crippen LogP contribution in [0.15, 0.2) is 4.79 Å². The van der Waals surface area contributed by atoms with Crippen LogP contribution in [-0.2, 0) is 0 Å². The van der Waals surface area contributed by atoms with Crippen LogP contribution in [0, 0.1) is 6.92 Å².